The molecule has 0 saturated carbocycles. The molecule has 1 aromatic carbocycles. The maximum atomic E-state index is 5.96. The molecular weight excluding hydrogens is 264 g/mol. The van der Waals surface area contributed by atoms with Crippen molar-refractivity contribution >= 4 is 11.6 Å². The summed E-state index contributed by atoms with van der Waals surface area (Å²) in [6.07, 6.45) is 2.65. The van der Waals surface area contributed by atoms with Gasteiger partial charge in [-0.25, -0.2) is 0 Å². The van der Waals surface area contributed by atoms with Gasteiger partial charge in [0.1, 0.15) is 5.75 Å². The van der Waals surface area contributed by atoms with Gasteiger partial charge in [-0.2, -0.15) is 0 Å². The van der Waals surface area contributed by atoms with Gasteiger partial charge >= 0.3 is 0 Å². The lowest BCUT2D eigenvalue weighted by molar-refractivity contribution is 0.292. The first-order valence-electron chi connectivity index (χ1n) is 7.61. The number of likely N-dealkylation sites (tertiary alicyclic amines) is 1. The van der Waals surface area contributed by atoms with E-state index in [0.717, 1.165) is 24.5 Å². The molecule has 0 radical (unpaired) electrons. The minimum atomic E-state index is 0.438. The maximum Gasteiger partial charge on any atom is 0.193 e. The molecule has 1 saturated heterocycles. The smallest absolute Gasteiger partial charge is 0.193 e. The van der Waals surface area contributed by atoms with Crippen LogP contribution in [0.5, 0.6) is 5.75 Å². The van der Waals surface area contributed by atoms with Crippen LogP contribution < -0.4 is 15.8 Å². The first-order valence-corrected chi connectivity index (χ1v) is 7.61. The quantitative estimate of drug-likeness (QED) is 0.622. The van der Waals surface area contributed by atoms with E-state index >= 15 is 0 Å². The van der Waals surface area contributed by atoms with Gasteiger partial charge in [0.15, 0.2) is 5.96 Å². The topological polar surface area (TPSA) is 62.9 Å². The van der Waals surface area contributed by atoms with E-state index in [1.807, 2.05) is 24.3 Å². The molecule has 1 aromatic rings. The first kappa shape index (κ1) is 15.6. The van der Waals surface area contributed by atoms with Gasteiger partial charge < -0.3 is 20.7 Å². The summed E-state index contributed by atoms with van der Waals surface area (Å²) in [4.78, 5) is 6.94. The van der Waals surface area contributed by atoms with Crippen LogP contribution in [0.4, 0.5) is 5.69 Å². The van der Waals surface area contributed by atoms with Crippen molar-refractivity contribution in [2.24, 2.45) is 16.6 Å². The molecule has 0 aliphatic carbocycles. The molecule has 5 heteroatoms. The lowest BCUT2D eigenvalue weighted by atomic mass is 10.2. The zero-order chi connectivity index (χ0) is 15.1. The van der Waals surface area contributed by atoms with Crippen LogP contribution in [0.3, 0.4) is 0 Å². The fourth-order valence-corrected chi connectivity index (χ4v) is 2.64. The van der Waals surface area contributed by atoms with Crippen LogP contribution in [-0.2, 0) is 0 Å². The molecule has 3 N–H and O–H groups in total. The van der Waals surface area contributed by atoms with Crippen molar-refractivity contribution in [2.45, 2.75) is 19.8 Å². The summed E-state index contributed by atoms with van der Waals surface area (Å²) in [5.41, 5.74) is 6.80. The van der Waals surface area contributed by atoms with Crippen LogP contribution in [0.1, 0.15) is 19.8 Å². The van der Waals surface area contributed by atoms with E-state index in [9.17, 15) is 0 Å². The molecule has 0 spiro atoms. The average molecular weight is 290 g/mol. The number of guanidine groups is 1. The van der Waals surface area contributed by atoms with Crippen molar-refractivity contribution in [1.82, 2.24) is 4.90 Å². The van der Waals surface area contributed by atoms with E-state index < -0.39 is 0 Å². The van der Waals surface area contributed by atoms with E-state index in [1.54, 1.807) is 7.11 Å². The number of nitrogens with zero attached hydrogens (tertiary/aromatic N) is 2. The van der Waals surface area contributed by atoms with Crippen molar-refractivity contribution in [3.05, 3.63) is 24.3 Å². The highest BCUT2D eigenvalue weighted by Gasteiger charge is 2.14. The third kappa shape index (κ3) is 4.93. The van der Waals surface area contributed by atoms with Crippen LogP contribution in [0.15, 0.2) is 29.3 Å². The molecule has 5 nitrogen and oxygen atoms in total. The predicted molar refractivity (Wildman–Crippen MR) is 87.9 cm³/mol. The molecule has 0 bridgehead atoms. The molecule has 0 amide bonds. The summed E-state index contributed by atoms with van der Waals surface area (Å²) in [5, 5.41) is 3.10. The monoisotopic (exact) mass is 290 g/mol. The van der Waals surface area contributed by atoms with Crippen LogP contribution in [0.25, 0.3) is 0 Å². The minimum Gasteiger partial charge on any atom is -0.495 e. The van der Waals surface area contributed by atoms with Gasteiger partial charge in [-0.05, 0) is 44.0 Å². The number of rotatable bonds is 6. The number of aliphatic imine (C=N–C) groups is 1. The third-order valence-corrected chi connectivity index (χ3v) is 3.71. The Hall–Kier alpha value is -1.75. The van der Waals surface area contributed by atoms with Crippen LogP contribution >= 0.6 is 0 Å². The highest BCUT2D eigenvalue weighted by atomic mass is 16.5. The van der Waals surface area contributed by atoms with Gasteiger partial charge in [-0.1, -0.05) is 19.1 Å². The Morgan fingerprint density at radius 2 is 2.10 bits per heavy atom. The van der Waals surface area contributed by atoms with Crippen molar-refractivity contribution in [2.75, 3.05) is 38.6 Å². The Morgan fingerprint density at radius 1 is 1.38 bits per heavy atom. The summed E-state index contributed by atoms with van der Waals surface area (Å²) >= 11 is 0. The van der Waals surface area contributed by atoms with E-state index in [0.29, 0.717) is 11.9 Å². The number of nitrogens with one attached hydrogen (secondary N) is 1. The van der Waals surface area contributed by atoms with E-state index in [4.69, 9.17) is 10.5 Å². The van der Waals surface area contributed by atoms with Gasteiger partial charge in [0.05, 0.1) is 12.8 Å². The number of methoxy groups -OCH3 is 1. The normalized spacial score (nSPS) is 17.7. The first-order chi connectivity index (χ1) is 10.2. The largest absolute Gasteiger partial charge is 0.495 e. The Bertz CT molecular complexity index is 469. The van der Waals surface area contributed by atoms with Gasteiger partial charge in [-0.15, -0.1) is 0 Å². The molecule has 1 unspecified atom stereocenters. The fourth-order valence-electron chi connectivity index (χ4n) is 2.64. The SMILES string of the molecule is COc1ccccc1NC(N)=NCC(C)CN1CCCC1. The molecule has 1 fully saturated rings. The number of anilines is 1. The van der Waals surface area contributed by atoms with Crippen LogP contribution in [0, 0.1) is 5.92 Å². The summed E-state index contributed by atoms with van der Waals surface area (Å²) in [7, 11) is 1.64. The second kappa shape index (κ2) is 7.88. The molecule has 2 rings (SSSR count). The highest BCUT2D eigenvalue weighted by Crippen LogP contribution is 2.22. The second-order valence-corrected chi connectivity index (χ2v) is 5.66. The van der Waals surface area contributed by atoms with Gasteiger partial charge in [0.2, 0.25) is 0 Å². The zero-order valence-corrected chi connectivity index (χ0v) is 13.0. The number of hydrogen-bond acceptors (Lipinski definition) is 3. The van der Waals surface area contributed by atoms with Gasteiger partial charge in [-0.3, -0.25) is 4.99 Å². The molecule has 1 atom stereocenters. The summed E-state index contributed by atoms with van der Waals surface area (Å²) < 4.78 is 5.28. The van der Waals surface area contributed by atoms with Crippen LogP contribution in [0.2, 0.25) is 0 Å². The summed E-state index contributed by atoms with van der Waals surface area (Å²) in [6, 6.07) is 7.68. The third-order valence-electron chi connectivity index (χ3n) is 3.71. The molecule has 1 heterocycles. The minimum absolute atomic E-state index is 0.438. The van der Waals surface area contributed by atoms with Gasteiger partial charge in [0, 0.05) is 13.1 Å². The Morgan fingerprint density at radius 3 is 2.81 bits per heavy atom. The molecule has 0 aromatic heterocycles. The van der Waals surface area contributed by atoms with E-state index in [1.165, 1.54) is 25.9 Å². The number of nitrogens with two attached hydrogens (primary N) is 1. The van der Waals surface area contributed by atoms with Crippen molar-refractivity contribution in [3.63, 3.8) is 0 Å². The second-order valence-electron chi connectivity index (χ2n) is 5.66. The highest BCUT2D eigenvalue weighted by molar-refractivity contribution is 5.93. The Kier molecular flexibility index (Phi) is 5.87. The van der Waals surface area contributed by atoms with Crippen molar-refractivity contribution in [3.8, 4) is 5.75 Å². The number of benzene rings is 1. The lowest BCUT2D eigenvalue weighted by Gasteiger charge is -2.19. The van der Waals surface area contributed by atoms with Crippen molar-refractivity contribution < 1.29 is 4.74 Å². The number of hydrogen-bond donors (Lipinski definition) is 2. The zero-order valence-electron chi connectivity index (χ0n) is 13.0. The van der Waals surface area contributed by atoms with Crippen molar-refractivity contribution in [1.29, 1.82) is 0 Å². The molecule has 21 heavy (non-hydrogen) atoms. The van der Waals surface area contributed by atoms with Crippen LogP contribution in [-0.4, -0.2) is 44.1 Å². The van der Waals surface area contributed by atoms with E-state index in [2.05, 4.69) is 22.1 Å². The standard InChI is InChI=1S/C16H26N4O/c1-13(12-20-9-5-6-10-20)11-18-16(17)19-14-7-3-4-8-15(14)21-2/h3-4,7-8,13H,5-6,9-12H2,1-2H3,(H3,17,18,19). The van der Waals surface area contributed by atoms with E-state index in [-0.39, 0.29) is 0 Å². The lowest BCUT2D eigenvalue weighted by Crippen LogP contribution is -2.28. The summed E-state index contributed by atoms with van der Waals surface area (Å²) in [5.74, 6) is 1.72. The fraction of sp³-hybridized carbons (Fsp3) is 0.562. The average Bonchev–Trinajstić information content (AvgIpc) is 2.98. The van der Waals surface area contributed by atoms with Gasteiger partial charge in [0.25, 0.3) is 0 Å². The Labute approximate surface area is 127 Å². The number of para-hydroxylation sites is 2. The molecular formula is C16H26N4O. The molecule has 1 aliphatic rings. The summed E-state index contributed by atoms with van der Waals surface area (Å²) in [6.45, 7) is 6.51. The predicted octanol–water partition coefficient (Wildman–Crippen LogP) is 2.15. The molecule has 116 valence electrons. The maximum absolute atomic E-state index is 5.96. The number of ether oxygens (including phenoxy) is 1. The molecule has 1 aliphatic heterocycles. The Balaban J connectivity index is 1.82.